The van der Waals surface area contributed by atoms with Crippen LogP contribution >= 0.6 is 0 Å². The van der Waals surface area contributed by atoms with Crippen LogP contribution < -0.4 is 10.0 Å². The van der Waals surface area contributed by atoms with Crippen molar-refractivity contribution in [3.63, 3.8) is 0 Å². The van der Waals surface area contributed by atoms with Crippen LogP contribution in [0.5, 0.6) is 0 Å². The zero-order chi connectivity index (χ0) is 25.1. The number of hydrogen-bond donors (Lipinski definition) is 3. The molecule has 192 valence electrons. The lowest BCUT2D eigenvalue weighted by atomic mass is 9.50. The van der Waals surface area contributed by atoms with Crippen molar-refractivity contribution < 1.29 is 26.4 Å². The molecule has 4 aliphatic carbocycles. The number of nitrogens with one attached hydrogen (secondary N) is 3. The highest BCUT2D eigenvalue weighted by Crippen LogP contribution is 2.57. The van der Waals surface area contributed by atoms with Gasteiger partial charge in [-0.15, -0.1) is 0 Å². The number of nitrogens with zero attached hydrogens (tertiary/aromatic N) is 1. The summed E-state index contributed by atoms with van der Waals surface area (Å²) < 4.78 is 68.8. The Kier molecular flexibility index (Phi) is 6.04. The fraction of sp³-hybridized carbons (Fsp3) is 0.667. The van der Waals surface area contributed by atoms with Gasteiger partial charge in [0.2, 0.25) is 15.9 Å². The van der Waals surface area contributed by atoms with Gasteiger partial charge in [0.05, 0.1) is 23.0 Å². The Balaban J connectivity index is 1.33. The van der Waals surface area contributed by atoms with Crippen molar-refractivity contribution in [2.75, 3.05) is 13.1 Å². The van der Waals surface area contributed by atoms with Crippen LogP contribution in [0.25, 0.3) is 0 Å². The molecule has 1 saturated heterocycles. The Morgan fingerprint density at radius 2 is 1.86 bits per heavy atom. The minimum absolute atomic E-state index is 0.0506. The Morgan fingerprint density at radius 1 is 1.17 bits per heavy atom. The maximum Gasteiger partial charge on any atom is 0.416 e. The smallest absolute Gasteiger partial charge is 0.334 e. The van der Waals surface area contributed by atoms with E-state index >= 15 is 0 Å². The molecule has 1 aliphatic heterocycles. The zero-order valence-corrected chi connectivity index (χ0v) is 20.2. The highest BCUT2D eigenvalue weighted by atomic mass is 32.2. The van der Waals surface area contributed by atoms with Crippen molar-refractivity contribution >= 4 is 22.1 Å². The lowest BCUT2D eigenvalue weighted by Gasteiger charge is -2.62. The molecule has 0 radical (unpaired) electrons. The molecular formula is C24H31F3N4O3S. The van der Waals surface area contributed by atoms with Crippen LogP contribution in [-0.4, -0.2) is 55.6 Å². The average molecular weight is 513 g/mol. The van der Waals surface area contributed by atoms with Gasteiger partial charge in [-0.3, -0.25) is 4.79 Å². The third kappa shape index (κ3) is 4.74. The molecule has 3 N–H and O–H groups in total. The van der Waals surface area contributed by atoms with Crippen LogP contribution in [0.15, 0.2) is 29.2 Å². The Labute approximate surface area is 203 Å². The van der Waals surface area contributed by atoms with Gasteiger partial charge in [-0.05, 0) is 81.4 Å². The first kappa shape index (κ1) is 24.7. The van der Waals surface area contributed by atoms with E-state index in [2.05, 4.69) is 10.0 Å². The van der Waals surface area contributed by atoms with Gasteiger partial charge in [-0.2, -0.15) is 13.2 Å². The highest BCUT2D eigenvalue weighted by Gasteiger charge is 2.59. The average Bonchev–Trinajstić information content (AvgIpc) is 3.24. The van der Waals surface area contributed by atoms with Crippen molar-refractivity contribution in [1.82, 2.24) is 14.9 Å². The van der Waals surface area contributed by atoms with E-state index in [1.165, 1.54) is 12.3 Å². The van der Waals surface area contributed by atoms with Gasteiger partial charge in [-0.1, -0.05) is 6.07 Å². The van der Waals surface area contributed by atoms with Crippen LogP contribution in [0.1, 0.15) is 56.9 Å². The summed E-state index contributed by atoms with van der Waals surface area (Å²) in [6.07, 6.45) is 2.90. The summed E-state index contributed by atoms with van der Waals surface area (Å²) in [4.78, 5) is 14.2. The molecular weight excluding hydrogens is 481 g/mol. The molecule has 0 aromatic heterocycles. The number of alkyl halides is 3. The number of carbonyl (C=O) groups is 1. The van der Waals surface area contributed by atoms with Crippen molar-refractivity contribution in [2.45, 2.75) is 79.6 Å². The van der Waals surface area contributed by atoms with Gasteiger partial charge in [0.1, 0.15) is 0 Å². The number of sulfonamides is 1. The maximum atomic E-state index is 13.2. The predicted octanol–water partition coefficient (Wildman–Crippen LogP) is 3.31. The number of likely N-dealkylation sites (tertiary alicyclic amines) is 1. The van der Waals surface area contributed by atoms with Crippen LogP contribution in [-0.2, 0) is 21.0 Å². The van der Waals surface area contributed by atoms with Crippen molar-refractivity contribution in [3.05, 3.63) is 29.8 Å². The van der Waals surface area contributed by atoms with Gasteiger partial charge >= 0.3 is 6.18 Å². The van der Waals surface area contributed by atoms with Gasteiger partial charge in [0.25, 0.3) is 0 Å². The molecule has 0 spiro atoms. The standard InChI is InChI=1S/C24H31F3N4O3S/c25-24(26,27)18-3-1-5-20(8-18)35(33,34)30-23-11-16-7-17(12-23)10-22(9-16,15-23)29-14-21(32)31-6-2-4-19(31)13-28/h1,3,5,8,13,16-17,19,28-30H,2,4,6-7,9-12,14-15H2/t16?,17?,19-,22?,23?/m0/s1. The number of benzene rings is 1. The highest BCUT2D eigenvalue weighted by molar-refractivity contribution is 7.89. The minimum Gasteiger partial charge on any atom is -0.334 e. The maximum absolute atomic E-state index is 13.2. The lowest BCUT2D eigenvalue weighted by Crippen LogP contribution is -2.69. The fourth-order valence-electron chi connectivity index (χ4n) is 7.41. The van der Waals surface area contributed by atoms with Crippen LogP contribution in [0.3, 0.4) is 0 Å². The first-order valence-electron chi connectivity index (χ1n) is 12.2. The molecule has 6 rings (SSSR count). The second kappa shape index (κ2) is 8.55. The second-order valence-corrected chi connectivity index (χ2v) is 12.7. The summed E-state index contributed by atoms with van der Waals surface area (Å²) in [6.45, 7) is 0.778. The summed E-state index contributed by atoms with van der Waals surface area (Å²) >= 11 is 0. The normalized spacial score (nSPS) is 34.4. The molecule has 2 unspecified atom stereocenters. The summed E-state index contributed by atoms with van der Waals surface area (Å²) in [5.74, 6) is 0.540. The summed E-state index contributed by atoms with van der Waals surface area (Å²) in [6, 6.07) is 3.70. The molecule has 11 heteroatoms. The molecule has 4 bridgehead atoms. The Hall–Kier alpha value is -1.98. The molecule has 1 aromatic carbocycles. The van der Waals surface area contributed by atoms with Crippen LogP contribution in [0, 0.1) is 17.2 Å². The van der Waals surface area contributed by atoms with E-state index in [1.54, 1.807) is 4.90 Å². The van der Waals surface area contributed by atoms with Gasteiger partial charge in [0, 0.05) is 23.8 Å². The molecule has 35 heavy (non-hydrogen) atoms. The third-order valence-corrected chi connectivity index (χ3v) is 9.89. The Morgan fingerprint density at radius 3 is 2.51 bits per heavy atom. The van der Waals surface area contributed by atoms with Crippen molar-refractivity contribution in [2.24, 2.45) is 11.8 Å². The first-order valence-corrected chi connectivity index (χ1v) is 13.7. The van der Waals surface area contributed by atoms with E-state index in [0.29, 0.717) is 43.7 Å². The Bertz CT molecular complexity index is 1110. The number of halogens is 3. The number of amides is 1. The molecule has 1 amide bonds. The predicted molar refractivity (Wildman–Crippen MR) is 123 cm³/mol. The quantitative estimate of drug-likeness (QED) is 0.488. The second-order valence-electron chi connectivity index (χ2n) is 11.0. The largest absolute Gasteiger partial charge is 0.416 e. The molecule has 4 saturated carbocycles. The van der Waals surface area contributed by atoms with Crippen molar-refractivity contribution in [1.29, 1.82) is 5.41 Å². The first-order chi connectivity index (χ1) is 16.4. The SMILES string of the molecule is N=C[C@@H]1CCCN1C(=O)CNC12CC3CC(C1)CC(NS(=O)(=O)c1cccc(C(F)(F)F)c1)(C3)C2. The molecule has 3 atom stereocenters. The number of rotatable bonds is 7. The monoisotopic (exact) mass is 512 g/mol. The molecule has 7 nitrogen and oxygen atoms in total. The van der Waals surface area contributed by atoms with Crippen LogP contribution in [0.4, 0.5) is 13.2 Å². The van der Waals surface area contributed by atoms with Gasteiger partial charge in [-0.25, -0.2) is 13.1 Å². The van der Waals surface area contributed by atoms with E-state index in [4.69, 9.17) is 5.41 Å². The van der Waals surface area contributed by atoms with Gasteiger partial charge in [0.15, 0.2) is 0 Å². The van der Waals surface area contributed by atoms with Crippen LogP contribution in [0.2, 0.25) is 0 Å². The fourth-order valence-corrected chi connectivity index (χ4v) is 8.88. The molecule has 5 aliphatic rings. The van der Waals surface area contributed by atoms with E-state index < -0.39 is 27.3 Å². The summed E-state index contributed by atoms with van der Waals surface area (Å²) in [5.41, 5.74) is -2.11. The van der Waals surface area contributed by atoms with E-state index in [9.17, 15) is 26.4 Å². The lowest BCUT2D eigenvalue weighted by molar-refractivity contribution is -0.137. The van der Waals surface area contributed by atoms with E-state index in [-0.39, 0.29) is 28.9 Å². The van der Waals surface area contributed by atoms with Crippen molar-refractivity contribution in [3.8, 4) is 0 Å². The van der Waals surface area contributed by atoms with E-state index in [1.807, 2.05) is 0 Å². The molecule has 1 heterocycles. The zero-order valence-electron chi connectivity index (χ0n) is 19.4. The summed E-state index contributed by atoms with van der Waals surface area (Å²) in [7, 11) is -4.17. The third-order valence-electron chi connectivity index (χ3n) is 8.31. The van der Waals surface area contributed by atoms with Gasteiger partial charge < -0.3 is 15.6 Å². The topological polar surface area (TPSA) is 102 Å². The molecule has 1 aromatic rings. The summed E-state index contributed by atoms with van der Waals surface area (Å²) in [5, 5.41) is 11.0. The number of carbonyl (C=O) groups excluding carboxylic acids is 1. The van der Waals surface area contributed by atoms with E-state index in [0.717, 1.165) is 44.2 Å². The minimum atomic E-state index is -4.63. The number of hydrogen-bond acceptors (Lipinski definition) is 5. The molecule has 5 fully saturated rings.